The van der Waals surface area contributed by atoms with E-state index in [1.807, 2.05) is 6.92 Å². The van der Waals surface area contributed by atoms with Gasteiger partial charge < -0.3 is 0 Å². The number of hydrogen-bond donors (Lipinski definition) is 1. The maximum absolute atomic E-state index is 12.5. The fraction of sp³-hybridized carbons (Fsp3) is 0.786. The molecule has 1 aromatic rings. The molecule has 0 spiro atoms. The summed E-state index contributed by atoms with van der Waals surface area (Å²) in [5.74, 6) is 2.05. The summed E-state index contributed by atoms with van der Waals surface area (Å²) < 4.78 is 29.4. The highest BCUT2D eigenvalue weighted by Crippen LogP contribution is 2.49. The molecule has 0 amide bonds. The van der Waals surface area contributed by atoms with E-state index >= 15 is 0 Å². The van der Waals surface area contributed by atoms with Gasteiger partial charge in [0, 0.05) is 19.3 Å². The average Bonchev–Trinajstić information content (AvgIpc) is 3.03. The largest absolute Gasteiger partial charge is 0.274 e. The van der Waals surface area contributed by atoms with E-state index in [1.165, 1.54) is 25.7 Å². The van der Waals surface area contributed by atoms with Crippen molar-refractivity contribution in [1.29, 1.82) is 0 Å². The van der Waals surface area contributed by atoms with Gasteiger partial charge in [-0.3, -0.25) is 4.68 Å². The van der Waals surface area contributed by atoms with Crippen LogP contribution < -0.4 is 4.72 Å². The lowest BCUT2D eigenvalue weighted by atomic mass is 9.84. The lowest BCUT2D eigenvalue weighted by Gasteiger charge is -2.28. The van der Waals surface area contributed by atoms with Gasteiger partial charge in [0.1, 0.15) is 4.90 Å². The second-order valence-electron chi connectivity index (χ2n) is 6.50. The number of sulfonamides is 1. The Morgan fingerprint density at radius 2 is 2.15 bits per heavy atom. The van der Waals surface area contributed by atoms with Crippen molar-refractivity contribution >= 4 is 10.0 Å². The molecule has 1 heterocycles. The van der Waals surface area contributed by atoms with Gasteiger partial charge >= 0.3 is 0 Å². The molecule has 5 nitrogen and oxygen atoms in total. The van der Waals surface area contributed by atoms with E-state index in [4.69, 9.17) is 0 Å². The van der Waals surface area contributed by atoms with Crippen molar-refractivity contribution in [2.45, 2.75) is 50.5 Å². The molecule has 1 aromatic heterocycles. The molecule has 0 radical (unpaired) electrons. The van der Waals surface area contributed by atoms with Gasteiger partial charge in [0.05, 0.1) is 5.69 Å². The third kappa shape index (κ3) is 2.39. The highest BCUT2D eigenvalue weighted by Gasteiger charge is 2.42. The molecule has 2 saturated carbocycles. The summed E-state index contributed by atoms with van der Waals surface area (Å²) in [5.41, 5.74) is 0.556. The molecule has 20 heavy (non-hydrogen) atoms. The zero-order chi connectivity index (χ0) is 14.5. The maximum atomic E-state index is 12.5. The van der Waals surface area contributed by atoms with E-state index in [9.17, 15) is 8.42 Å². The van der Waals surface area contributed by atoms with Crippen LogP contribution in [0, 0.1) is 24.7 Å². The smallest absolute Gasteiger partial charge is 0.244 e. The third-order valence-electron chi connectivity index (χ3n) is 5.03. The van der Waals surface area contributed by atoms with Crippen LogP contribution in [0.1, 0.15) is 38.3 Å². The van der Waals surface area contributed by atoms with Crippen molar-refractivity contribution in [3.63, 3.8) is 0 Å². The zero-order valence-electron chi connectivity index (χ0n) is 12.3. The average molecular weight is 297 g/mol. The fourth-order valence-corrected chi connectivity index (χ4v) is 5.66. The predicted molar refractivity (Wildman–Crippen MR) is 76.7 cm³/mol. The quantitative estimate of drug-likeness (QED) is 0.922. The molecule has 2 aliphatic carbocycles. The minimum atomic E-state index is -3.46. The molecule has 0 aliphatic heterocycles. The topological polar surface area (TPSA) is 64.0 Å². The van der Waals surface area contributed by atoms with Gasteiger partial charge in [0.25, 0.3) is 0 Å². The monoisotopic (exact) mass is 297 g/mol. The normalized spacial score (nSPS) is 30.9. The summed E-state index contributed by atoms with van der Waals surface area (Å²) in [6.07, 6.45) is 6.66. The zero-order valence-corrected chi connectivity index (χ0v) is 13.2. The van der Waals surface area contributed by atoms with E-state index in [-0.39, 0.29) is 6.04 Å². The molecule has 2 aliphatic rings. The van der Waals surface area contributed by atoms with Gasteiger partial charge in [0.15, 0.2) is 0 Å². The highest BCUT2D eigenvalue weighted by atomic mass is 32.2. The SMILES string of the molecule is Cc1nn(C)cc1S(=O)(=O)N[C@@H](C)[C@@H]1C[C@H]2CC[C@H]1C2. The second kappa shape index (κ2) is 4.84. The lowest BCUT2D eigenvalue weighted by Crippen LogP contribution is -2.40. The van der Waals surface area contributed by atoms with Crippen LogP contribution in [0.4, 0.5) is 0 Å². The Bertz CT molecular complexity index is 608. The van der Waals surface area contributed by atoms with Gasteiger partial charge in [0.2, 0.25) is 10.0 Å². The Kier molecular flexibility index (Phi) is 3.41. The Labute approximate surface area is 120 Å². The van der Waals surface area contributed by atoms with Crippen LogP contribution >= 0.6 is 0 Å². The molecule has 0 unspecified atom stereocenters. The molecule has 4 atom stereocenters. The fourth-order valence-electron chi connectivity index (χ4n) is 4.14. The molecule has 112 valence electrons. The summed E-state index contributed by atoms with van der Waals surface area (Å²) in [7, 11) is -1.72. The minimum Gasteiger partial charge on any atom is -0.274 e. The summed E-state index contributed by atoms with van der Waals surface area (Å²) in [4.78, 5) is 0.301. The van der Waals surface area contributed by atoms with Gasteiger partial charge in [-0.25, -0.2) is 13.1 Å². The first kappa shape index (κ1) is 14.1. The Hall–Kier alpha value is -0.880. The maximum Gasteiger partial charge on any atom is 0.244 e. The number of rotatable bonds is 4. The van der Waals surface area contributed by atoms with E-state index in [2.05, 4.69) is 9.82 Å². The Morgan fingerprint density at radius 3 is 2.65 bits per heavy atom. The van der Waals surface area contributed by atoms with Crippen LogP contribution in [0.15, 0.2) is 11.1 Å². The van der Waals surface area contributed by atoms with Crippen LogP contribution in [0.5, 0.6) is 0 Å². The second-order valence-corrected chi connectivity index (χ2v) is 8.18. The molecule has 1 N–H and O–H groups in total. The Balaban J connectivity index is 1.75. The predicted octanol–water partition coefficient (Wildman–Crippen LogP) is 1.83. The van der Waals surface area contributed by atoms with E-state index < -0.39 is 10.0 Å². The standard InChI is InChI=1S/C14H23N3O2S/c1-9(13-7-11-4-5-12(13)6-11)16-20(18,19)14-8-17(3)15-10(14)2/h8-9,11-13,16H,4-7H2,1-3H3/t9-,11-,12-,13-/m0/s1. The highest BCUT2D eigenvalue weighted by molar-refractivity contribution is 7.89. The molecular weight excluding hydrogens is 274 g/mol. The molecular formula is C14H23N3O2S. The number of nitrogens with zero attached hydrogens (tertiary/aromatic N) is 2. The molecule has 2 fully saturated rings. The summed E-state index contributed by atoms with van der Waals surface area (Å²) in [5, 5.41) is 4.12. The molecule has 0 aromatic carbocycles. The first-order chi connectivity index (χ1) is 9.37. The van der Waals surface area contributed by atoms with E-state index in [0.29, 0.717) is 22.4 Å². The van der Waals surface area contributed by atoms with Crippen molar-refractivity contribution in [3.05, 3.63) is 11.9 Å². The van der Waals surface area contributed by atoms with Gasteiger partial charge in [-0.1, -0.05) is 6.42 Å². The molecule has 3 rings (SSSR count). The van der Waals surface area contributed by atoms with E-state index in [0.717, 1.165) is 5.92 Å². The Morgan fingerprint density at radius 1 is 1.40 bits per heavy atom. The van der Waals surface area contributed by atoms with Crippen LogP contribution in [0.25, 0.3) is 0 Å². The number of fused-ring (bicyclic) bond motifs is 2. The van der Waals surface area contributed by atoms with Crippen LogP contribution in [-0.4, -0.2) is 24.2 Å². The number of hydrogen-bond acceptors (Lipinski definition) is 3. The minimum absolute atomic E-state index is 0.00917. The van der Waals surface area contributed by atoms with Crippen molar-refractivity contribution in [1.82, 2.24) is 14.5 Å². The summed E-state index contributed by atoms with van der Waals surface area (Å²) in [6, 6.07) is 0.00917. The van der Waals surface area contributed by atoms with Gasteiger partial charge in [-0.05, 0) is 50.9 Å². The molecule has 6 heteroatoms. The molecule has 2 bridgehead atoms. The van der Waals surface area contributed by atoms with E-state index in [1.54, 1.807) is 24.9 Å². The number of nitrogens with one attached hydrogen (secondary N) is 1. The number of aromatic nitrogens is 2. The van der Waals surface area contributed by atoms with Crippen molar-refractivity contribution in [2.75, 3.05) is 0 Å². The van der Waals surface area contributed by atoms with Gasteiger partial charge in [-0.15, -0.1) is 0 Å². The van der Waals surface area contributed by atoms with Gasteiger partial charge in [-0.2, -0.15) is 5.10 Å². The van der Waals surface area contributed by atoms with Crippen molar-refractivity contribution in [3.8, 4) is 0 Å². The van der Waals surface area contributed by atoms with Crippen LogP contribution in [-0.2, 0) is 17.1 Å². The van der Waals surface area contributed by atoms with Crippen LogP contribution in [0.3, 0.4) is 0 Å². The summed E-state index contributed by atoms with van der Waals surface area (Å²) >= 11 is 0. The lowest BCUT2D eigenvalue weighted by molar-refractivity contribution is 0.280. The first-order valence-corrected chi connectivity index (χ1v) is 8.87. The third-order valence-corrected chi connectivity index (χ3v) is 6.70. The van der Waals surface area contributed by atoms with Crippen molar-refractivity contribution < 1.29 is 8.42 Å². The van der Waals surface area contributed by atoms with Crippen LogP contribution in [0.2, 0.25) is 0 Å². The number of aryl methyl sites for hydroxylation is 2. The first-order valence-electron chi connectivity index (χ1n) is 7.39. The summed E-state index contributed by atoms with van der Waals surface area (Å²) in [6.45, 7) is 3.74. The van der Waals surface area contributed by atoms with Crippen molar-refractivity contribution in [2.24, 2.45) is 24.8 Å². The molecule has 0 saturated heterocycles.